The Morgan fingerprint density at radius 2 is 1.62 bits per heavy atom. The standard InChI is InChI=1S/C19H26Cl3N3O3S/c20-15-12-16(21)18(17(22)13-15)29(27,28)25-10-4-14(5-11-25)19(26)23-6-3-9-24-7-1-2-8-24/h12-14H,1-11H2,(H,23,26). The highest BCUT2D eigenvalue weighted by molar-refractivity contribution is 7.89. The first-order chi connectivity index (χ1) is 13.8. The van der Waals surface area contributed by atoms with Crippen LogP contribution in [0.25, 0.3) is 0 Å². The Hall–Kier alpha value is -0.570. The topological polar surface area (TPSA) is 69.7 Å². The maximum atomic E-state index is 13.0. The summed E-state index contributed by atoms with van der Waals surface area (Å²) in [6, 6.07) is 2.73. The zero-order valence-electron chi connectivity index (χ0n) is 16.2. The van der Waals surface area contributed by atoms with Gasteiger partial charge in [0.05, 0.1) is 10.0 Å². The third kappa shape index (κ3) is 5.77. The largest absolute Gasteiger partial charge is 0.356 e. The molecule has 0 spiro atoms. The third-order valence-electron chi connectivity index (χ3n) is 5.53. The number of likely N-dealkylation sites (tertiary alicyclic amines) is 1. The Morgan fingerprint density at radius 1 is 1.03 bits per heavy atom. The smallest absolute Gasteiger partial charge is 0.246 e. The van der Waals surface area contributed by atoms with Crippen molar-refractivity contribution in [1.82, 2.24) is 14.5 Å². The van der Waals surface area contributed by atoms with Crippen LogP contribution in [0.2, 0.25) is 15.1 Å². The van der Waals surface area contributed by atoms with Crippen LogP contribution in [-0.2, 0) is 14.8 Å². The van der Waals surface area contributed by atoms with Gasteiger partial charge in [-0.3, -0.25) is 4.79 Å². The van der Waals surface area contributed by atoms with E-state index in [0.29, 0.717) is 19.4 Å². The molecule has 2 saturated heterocycles. The van der Waals surface area contributed by atoms with Gasteiger partial charge in [-0.1, -0.05) is 34.8 Å². The van der Waals surface area contributed by atoms with Crippen LogP contribution in [0.15, 0.2) is 17.0 Å². The van der Waals surface area contributed by atoms with E-state index in [-0.39, 0.29) is 44.9 Å². The fraction of sp³-hybridized carbons (Fsp3) is 0.632. The molecular formula is C19H26Cl3N3O3S. The van der Waals surface area contributed by atoms with Gasteiger partial charge in [0.25, 0.3) is 0 Å². The van der Waals surface area contributed by atoms with Gasteiger partial charge in [-0.05, 0) is 63.9 Å². The SMILES string of the molecule is O=C(NCCCN1CCCC1)C1CCN(S(=O)(=O)c2c(Cl)cc(Cl)cc2Cl)CC1. The highest BCUT2D eigenvalue weighted by atomic mass is 35.5. The molecule has 2 aliphatic rings. The zero-order valence-corrected chi connectivity index (χ0v) is 19.3. The Labute approximate surface area is 187 Å². The molecule has 0 aliphatic carbocycles. The van der Waals surface area contributed by atoms with Gasteiger partial charge >= 0.3 is 0 Å². The molecule has 29 heavy (non-hydrogen) atoms. The summed E-state index contributed by atoms with van der Waals surface area (Å²) in [5, 5.41) is 3.27. The van der Waals surface area contributed by atoms with Crippen LogP contribution in [0.1, 0.15) is 32.1 Å². The molecule has 0 aromatic heterocycles. The van der Waals surface area contributed by atoms with Gasteiger partial charge in [-0.2, -0.15) is 4.31 Å². The molecule has 6 nitrogen and oxygen atoms in total. The lowest BCUT2D eigenvalue weighted by molar-refractivity contribution is -0.126. The molecule has 2 aliphatic heterocycles. The molecule has 2 fully saturated rings. The molecule has 0 radical (unpaired) electrons. The van der Waals surface area contributed by atoms with Crippen molar-refractivity contribution in [2.75, 3.05) is 39.3 Å². The van der Waals surface area contributed by atoms with E-state index in [1.165, 1.54) is 29.3 Å². The number of benzene rings is 1. The fourth-order valence-electron chi connectivity index (χ4n) is 3.93. The third-order valence-corrected chi connectivity index (χ3v) is 8.57. The van der Waals surface area contributed by atoms with E-state index in [0.717, 1.165) is 26.1 Å². The van der Waals surface area contributed by atoms with Crippen molar-refractivity contribution in [3.63, 3.8) is 0 Å². The summed E-state index contributed by atoms with van der Waals surface area (Å²) in [7, 11) is -3.85. The van der Waals surface area contributed by atoms with Crippen LogP contribution in [0.5, 0.6) is 0 Å². The molecule has 162 valence electrons. The Kier molecular flexibility index (Phi) is 8.09. The predicted molar refractivity (Wildman–Crippen MR) is 116 cm³/mol. The van der Waals surface area contributed by atoms with E-state index in [9.17, 15) is 13.2 Å². The lowest BCUT2D eigenvalue weighted by Crippen LogP contribution is -2.43. The normalized spacial score (nSPS) is 19.6. The molecule has 0 atom stereocenters. The van der Waals surface area contributed by atoms with E-state index in [4.69, 9.17) is 34.8 Å². The molecule has 0 unspecified atom stereocenters. The van der Waals surface area contributed by atoms with E-state index in [1.807, 2.05) is 0 Å². The number of nitrogens with one attached hydrogen (secondary N) is 1. The summed E-state index contributed by atoms with van der Waals surface area (Å²) in [5.41, 5.74) is 0. The minimum Gasteiger partial charge on any atom is -0.356 e. The van der Waals surface area contributed by atoms with Crippen molar-refractivity contribution in [3.8, 4) is 0 Å². The van der Waals surface area contributed by atoms with E-state index in [2.05, 4.69) is 10.2 Å². The molecule has 1 aromatic carbocycles. The monoisotopic (exact) mass is 481 g/mol. The summed E-state index contributed by atoms with van der Waals surface area (Å²) in [6.07, 6.45) is 4.41. The number of piperidine rings is 1. The van der Waals surface area contributed by atoms with Crippen LogP contribution < -0.4 is 5.32 Å². The molecule has 0 bridgehead atoms. The van der Waals surface area contributed by atoms with Crippen LogP contribution >= 0.6 is 34.8 Å². The second-order valence-electron chi connectivity index (χ2n) is 7.57. The number of halogens is 3. The Balaban J connectivity index is 1.50. The molecule has 2 heterocycles. The molecule has 1 N–H and O–H groups in total. The lowest BCUT2D eigenvalue weighted by Gasteiger charge is -2.31. The Morgan fingerprint density at radius 3 is 2.21 bits per heavy atom. The first-order valence-electron chi connectivity index (χ1n) is 9.94. The van der Waals surface area contributed by atoms with Crippen LogP contribution in [-0.4, -0.2) is 62.8 Å². The molecule has 1 aromatic rings. The van der Waals surface area contributed by atoms with Crippen molar-refractivity contribution in [2.45, 2.75) is 37.0 Å². The average Bonchev–Trinajstić information content (AvgIpc) is 3.17. The summed E-state index contributed by atoms with van der Waals surface area (Å²) in [5.74, 6) is -0.171. The van der Waals surface area contributed by atoms with E-state index < -0.39 is 10.0 Å². The van der Waals surface area contributed by atoms with Crippen LogP contribution in [0.4, 0.5) is 0 Å². The van der Waals surface area contributed by atoms with Gasteiger partial charge in [-0.15, -0.1) is 0 Å². The number of nitrogens with zero attached hydrogens (tertiary/aromatic N) is 2. The Bertz CT molecular complexity index is 813. The number of hydrogen-bond donors (Lipinski definition) is 1. The van der Waals surface area contributed by atoms with Gasteiger partial charge in [0.1, 0.15) is 4.90 Å². The number of hydrogen-bond acceptors (Lipinski definition) is 4. The molecule has 0 saturated carbocycles. The minimum absolute atomic E-state index is 0.000342. The van der Waals surface area contributed by atoms with Crippen molar-refractivity contribution in [2.24, 2.45) is 5.92 Å². The van der Waals surface area contributed by atoms with Crippen molar-refractivity contribution >= 4 is 50.7 Å². The van der Waals surface area contributed by atoms with Gasteiger partial charge in [0, 0.05) is 30.6 Å². The second-order valence-corrected chi connectivity index (χ2v) is 10.7. The molecule has 10 heteroatoms. The van der Waals surface area contributed by atoms with Crippen LogP contribution in [0.3, 0.4) is 0 Å². The highest BCUT2D eigenvalue weighted by Gasteiger charge is 2.34. The fourth-order valence-corrected chi connectivity index (χ4v) is 6.89. The maximum Gasteiger partial charge on any atom is 0.246 e. The van der Waals surface area contributed by atoms with Gasteiger partial charge < -0.3 is 10.2 Å². The van der Waals surface area contributed by atoms with Crippen molar-refractivity contribution < 1.29 is 13.2 Å². The van der Waals surface area contributed by atoms with E-state index in [1.54, 1.807) is 0 Å². The number of sulfonamides is 1. The molecule has 1 amide bonds. The first-order valence-corrected chi connectivity index (χ1v) is 12.5. The highest BCUT2D eigenvalue weighted by Crippen LogP contribution is 2.35. The lowest BCUT2D eigenvalue weighted by atomic mass is 9.97. The average molecular weight is 483 g/mol. The first kappa shape index (κ1) is 23.1. The van der Waals surface area contributed by atoms with Crippen LogP contribution in [0, 0.1) is 5.92 Å². The van der Waals surface area contributed by atoms with Crippen molar-refractivity contribution in [3.05, 3.63) is 27.2 Å². The summed E-state index contributed by atoms with van der Waals surface area (Å²) >= 11 is 18.1. The summed E-state index contributed by atoms with van der Waals surface area (Å²) in [6.45, 7) is 4.49. The number of carbonyl (C=O) groups excluding carboxylic acids is 1. The summed E-state index contributed by atoms with van der Waals surface area (Å²) in [4.78, 5) is 14.7. The number of carbonyl (C=O) groups is 1. The minimum atomic E-state index is -3.85. The second kappa shape index (κ2) is 10.2. The molecule has 3 rings (SSSR count). The predicted octanol–water partition coefficient (Wildman–Crippen LogP) is 3.65. The maximum absolute atomic E-state index is 13.0. The molecular weight excluding hydrogens is 457 g/mol. The number of amides is 1. The van der Waals surface area contributed by atoms with Gasteiger partial charge in [0.15, 0.2) is 0 Å². The number of rotatable bonds is 7. The summed E-state index contributed by atoms with van der Waals surface area (Å²) < 4.78 is 27.3. The quantitative estimate of drug-likeness (QED) is 0.602. The van der Waals surface area contributed by atoms with Crippen molar-refractivity contribution in [1.29, 1.82) is 0 Å². The van der Waals surface area contributed by atoms with Gasteiger partial charge in [-0.25, -0.2) is 8.42 Å². The van der Waals surface area contributed by atoms with E-state index >= 15 is 0 Å². The zero-order chi connectivity index (χ0) is 21.0. The van der Waals surface area contributed by atoms with Gasteiger partial charge in [0.2, 0.25) is 15.9 Å².